The monoisotopic (exact) mass is 156 g/mol. The molecule has 1 rings (SSSR count). The minimum Gasteiger partial charge on any atom is -0.388 e. The molecule has 11 heavy (non-hydrogen) atoms. The first kappa shape index (κ1) is 8.43. The molecule has 0 fully saturated rings. The van der Waals surface area contributed by atoms with Gasteiger partial charge in [0.25, 0.3) is 0 Å². The summed E-state index contributed by atoms with van der Waals surface area (Å²) >= 11 is 0. The second-order valence-electron chi connectivity index (χ2n) is 2.67. The average molecular weight is 156 g/mol. The van der Waals surface area contributed by atoms with Crippen molar-refractivity contribution in [1.29, 1.82) is 0 Å². The quantitative estimate of drug-likeness (QED) is 0.584. The molecular weight excluding hydrogens is 144 g/mol. The van der Waals surface area contributed by atoms with Crippen molar-refractivity contribution in [1.82, 2.24) is 0 Å². The normalized spacial score (nSPS) is 31.3. The molecule has 3 nitrogen and oxygen atoms in total. The van der Waals surface area contributed by atoms with Gasteiger partial charge in [-0.25, -0.2) is 0 Å². The molecule has 0 radical (unpaired) electrons. The molecule has 0 heterocycles. The van der Waals surface area contributed by atoms with Crippen molar-refractivity contribution >= 4 is 6.29 Å². The van der Waals surface area contributed by atoms with Gasteiger partial charge in [0.15, 0.2) is 0 Å². The van der Waals surface area contributed by atoms with Crippen LogP contribution in [0.15, 0.2) is 11.6 Å². The van der Waals surface area contributed by atoms with Gasteiger partial charge in [0.2, 0.25) is 0 Å². The van der Waals surface area contributed by atoms with Gasteiger partial charge in [0.1, 0.15) is 6.29 Å². The SMILES string of the molecule is COC1CC=C(C=O)C(O)C1. The maximum atomic E-state index is 10.3. The lowest BCUT2D eigenvalue weighted by atomic mass is 9.95. The largest absolute Gasteiger partial charge is 0.388 e. The van der Waals surface area contributed by atoms with Crippen LogP contribution >= 0.6 is 0 Å². The summed E-state index contributed by atoms with van der Waals surface area (Å²) in [5.74, 6) is 0. The van der Waals surface area contributed by atoms with Crippen LogP contribution in [0.4, 0.5) is 0 Å². The predicted octanol–water partition coefficient (Wildman–Crippen LogP) is 0.281. The Kier molecular flexibility index (Phi) is 2.79. The number of hydrogen-bond acceptors (Lipinski definition) is 3. The molecule has 0 saturated carbocycles. The van der Waals surface area contributed by atoms with Gasteiger partial charge < -0.3 is 9.84 Å². The lowest BCUT2D eigenvalue weighted by Crippen LogP contribution is -2.25. The van der Waals surface area contributed by atoms with E-state index < -0.39 is 6.10 Å². The lowest BCUT2D eigenvalue weighted by Gasteiger charge is -2.22. The van der Waals surface area contributed by atoms with Gasteiger partial charge in [-0.2, -0.15) is 0 Å². The third-order valence-corrected chi connectivity index (χ3v) is 1.96. The van der Waals surface area contributed by atoms with Crippen LogP contribution in [-0.4, -0.2) is 30.7 Å². The number of aldehydes is 1. The summed E-state index contributed by atoms with van der Waals surface area (Å²) in [5, 5.41) is 9.29. The van der Waals surface area contributed by atoms with Crippen LogP contribution < -0.4 is 0 Å². The molecule has 62 valence electrons. The Morgan fingerprint density at radius 3 is 3.00 bits per heavy atom. The molecule has 2 unspecified atom stereocenters. The first-order valence-electron chi connectivity index (χ1n) is 3.64. The lowest BCUT2D eigenvalue weighted by molar-refractivity contribution is -0.106. The van der Waals surface area contributed by atoms with Gasteiger partial charge in [-0.3, -0.25) is 4.79 Å². The van der Waals surface area contributed by atoms with Crippen molar-refractivity contribution in [3.63, 3.8) is 0 Å². The fourth-order valence-electron chi connectivity index (χ4n) is 1.20. The molecule has 2 atom stereocenters. The number of aliphatic hydroxyl groups is 1. The minimum atomic E-state index is -0.633. The van der Waals surface area contributed by atoms with Gasteiger partial charge in [-0.05, 0) is 6.42 Å². The summed E-state index contributed by atoms with van der Waals surface area (Å²) in [4.78, 5) is 10.3. The second kappa shape index (κ2) is 3.64. The van der Waals surface area contributed by atoms with Gasteiger partial charge in [0.05, 0.1) is 12.2 Å². The first-order valence-corrected chi connectivity index (χ1v) is 3.64. The Balaban J connectivity index is 2.59. The fraction of sp³-hybridized carbons (Fsp3) is 0.625. The van der Waals surface area contributed by atoms with Gasteiger partial charge in [-0.15, -0.1) is 0 Å². The number of rotatable bonds is 2. The molecule has 0 amide bonds. The first-order chi connectivity index (χ1) is 5.27. The van der Waals surface area contributed by atoms with Gasteiger partial charge in [-0.1, -0.05) is 6.08 Å². The molecule has 0 spiro atoms. The number of ether oxygens (including phenoxy) is 1. The van der Waals surface area contributed by atoms with Crippen LogP contribution in [0.2, 0.25) is 0 Å². The summed E-state index contributed by atoms with van der Waals surface area (Å²) in [7, 11) is 1.61. The standard InChI is InChI=1S/C8H12O3/c1-11-7-3-2-6(5-9)8(10)4-7/h2,5,7-8,10H,3-4H2,1H3. The predicted molar refractivity (Wildman–Crippen MR) is 40.2 cm³/mol. The van der Waals surface area contributed by atoms with Crippen molar-refractivity contribution in [2.45, 2.75) is 25.0 Å². The molecule has 1 N–H and O–H groups in total. The number of carbonyl (C=O) groups is 1. The van der Waals surface area contributed by atoms with E-state index >= 15 is 0 Å². The van der Waals surface area contributed by atoms with Crippen LogP contribution in [0.25, 0.3) is 0 Å². The topological polar surface area (TPSA) is 46.5 Å². The zero-order valence-corrected chi connectivity index (χ0v) is 6.49. The summed E-state index contributed by atoms with van der Waals surface area (Å²) < 4.78 is 5.03. The van der Waals surface area contributed by atoms with Crippen molar-refractivity contribution in [2.75, 3.05) is 7.11 Å². The van der Waals surface area contributed by atoms with E-state index in [1.165, 1.54) is 0 Å². The Labute approximate surface area is 65.7 Å². The van der Waals surface area contributed by atoms with Crippen LogP contribution in [0.5, 0.6) is 0 Å². The van der Waals surface area contributed by atoms with E-state index in [0.29, 0.717) is 18.3 Å². The fourth-order valence-corrected chi connectivity index (χ4v) is 1.20. The molecule has 1 aliphatic carbocycles. The van der Waals surface area contributed by atoms with Gasteiger partial charge >= 0.3 is 0 Å². The highest BCUT2D eigenvalue weighted by molar-refractivity contribution is 5.74. The van der Waals surface area contributed by atoms with E-state index in [0.717, 1.165) is 6.42 Å². The van der Waals surface area contributed by atoms with E-state index in [1.807, 2.05) is 0 Å². The smallest absolute Gasteiger partial charge is 0.148 e. The van der Waals surface area contributed by atoms with Crippen molar-refractivity contribution in [2.24, 2.45) is 0 Å². The Morgan fingerprint density at radius 2 is 2.55 bits per heavy atom. The van der Waals surface area contributed by atoms with Crippen molar-refractivity contribution in [3.05, 3.63) is 11.6 Å². The van der Waals surface area contributed by atoms with E-state index in [9.17, 15) is 9.90 Å². The highest BCUT2D eigenvalue weighted by atomic mass is 16.5. The summed E-state index contributed by atoms with van der Waals surface area (Å²) in [6.07, 6.45) is 3.12. The minimum absolute atomic E-state index is 0.0636. The average Bonchev–Trinajstić information content (AvgIpc) is 2.04. The maximum absolute atomic E-state index is 10.3. The van der Waals surface area contributed by atoms with Crippen molar-refractivity contribution in [3.8, 4) is 0 Å². The van der Waals surface area contributed by atoms with Crippen LogP contribution in [-0.2, 0) is 9.53 Å². The molecule has 0 aliphatic heterocycles. The summed E-state index contributed by atoms with van der Waals surface area (Å²) in [6, 6.07) is 0. The van der Waals surface area contributed by atoms with Crippen LogP contribution in [0.1, 0.15) is 12.8 Å². The molecule has 0 aromatic rings. The van der Waals surface area contributed by atoms with E-state index in [4.69, 9.17) is 4.74 Å². The number of methoxy groups -OCH3 is 1. The third-order valence-electron chi connectivity index (χ3n) is 1.96. The zero-order valence-electron chi connectivity index (χ0n) is 6.49. The number of hydrogen-bond donors (Lipinski definition) is 1. The highest BCUT2D eigenvalue weighted by Gasteiger charge is 2.21. The van der Waals surface area contributed by atoms with E-state index in [2.05, 4.69) is 0 Å². The molecule has 0 saturated heterocycles. The highest BCUT2D eigenvalue weighted by Crippen LogP contribution is 2.18. The maximum Gasteiger partial charge on any atom is 0.148 e. The second-order valence-corrected chi connectivity index (χ2v) is 2.67. The van der Waals surface area contributed by atoms with Crippen LogP contribution in [0.3, 0.4) is 0 Å². The molecule has 0 aromatic carbocycles. The Hall–Kier alpha value is -0.670. The zero-order chi connectivity index (χ0) is 8.27. The third kappa shape index (κ3) is 1.88. The van der Waals surface area contributed by atoms with E-state index in [-0.39, 0.29) is 6.10 Å². The Bertz CT molecular complexity index is 174. The molecular formula is C8H12O3. The molecule has 0 aromatic heterocycles. The molecule has 3 heteroatoms. The van der Waals surface area contributed by atoms with Crippen molar-refractivity contribution < 1.29 is 14.6 Å². The van der Waals surface area contributed by atoms with E-state index in [1.54, 1.807) is 13.2 Å². The number of aliphatic hydroxyl groups excluding tert-OH is 1. The number of carbonyl (C=O) groups excluding carboxylic acids is 1. The molecule has 1 aliphatic rings. The van der Waals surface area contributed by atoms with Crippen LogP contribution in [0, 0.1) is 0 Å². The Morgan fingerprint density at radius 1 is 1.82 bits per heavy atom. The molecule has 0 bridgehead atoms. The van der Waals surface area contributed by atoms with Gasteiger partial charge in [0, 0.05) is 19.1 Å². The summed E-state index contributed by atoms with van der Waals surface area (Å²) in [6.45, 7) is 0. The summed E-state index contributed by atoms with van der Waals surface area (Å²) in [5.41, 5.74) is 0.485.